The van der Waals surface area contributed by atoms with Crippen LogP contribution in [0.2, 0.25) is 0 Å². The lowest BCUT2D eigenvalue weighted by molar-refractivity contribution is 0.0555. The molecule has 131 heavy (non-hydrogen) atoms. The van der Waals surface area contributed by atoms with E-state index in [1.165, 1.54) is 140 Å². The predicted octanol–water partition coefficient (Wildman–Crippen LogP) is 15.5. The number of nitrogens with zero attached hydrogens (tertiary/aromatic N) is 3. The fourth-order valence-electron chi connectivity index (χ4n) is 10.4. The maximum atomic E-state index is 11.9. The van der Waals surface area contributed by atoms with E-state index in [-0.39, 0.29) is 119 Å². The van der Waals surface area contributed by atoms with Gasteiger partial charge in [-0.1, -0.05) is 86.1 Å². The first kappa shape index (κ1) is 117. The summed E-state index contributed by atoms with van der Waals surface area (Å²) in [6, 6.07) is 19.6. The van der Waals surface area contributed by atoms with Gasteiger partial charge in [0.15, 0.2) is 0 Å². The van der Waals surface area contributed by atoms with Crippen molar-refractivity contribution >= 4 is 164 Å². The number of aliphatic hydroxyl groups excluding tert-OH is 2. The third-order valence-corrected chi connectivity index (χ3v) is 20.0. The quantitative estimate of drug-likeness (QED) is 0.0159. The van der Waals surface area contributed by atoms with Gasteiger partial charge in [0.1, 0.15) is 19.0 Å². The standard InChI is InChI=1S/C16H22O4.C15H13NO4.C15H21NO4.C14H11NO5.C11H8BrNO4.C10H9BrO5.C8H4Br2O4.C3H4O/c1-5-7-8-12-10-14(16(18)20-4)13(15(17)19-3)9-11(12)6-2;1-5-6-7-10-8-11(14(17)19-3)12(15(18)20-4)9-13(10)16-2;1-4-5-6-10-7-12(14(17)19-2)13(15(18)20-3)8-11(10)9-16;1-15-12-8-11(14(18)20-3)10(13(17)19-2)7-9(12)5-4-6-16;1-13-9-5-7(11(15)17-3)6(4-8(9)12)10(14)16-2;1-15-9(13)5-3-7(11)8(12)4-6(5)10(14)16-2;9-5-1-3(7(11)12)4(8(13)14)2-6(5)10;1-2-3-4/h9-10H,5-8H2,1-4H3;8-9H,5H2,1,3-4H3;7-8H,4-6,9,16H2,1-3H3;7-8,16H,6H2,2-3H3;4-5H,2-3H3;3-4,12H,1-2H3;1-2H,(H,11,12)(H,13,14);1,4H,3H2. The normalized spacial score (nSPS) is 9.43. The summed E-state index contributed by atoms with van der Waals surface area (Å²) in [5.41, 5.74) is 11.3. The lowest BCUT2D eigenvalue weighted by Crippen LogP contribution is -2.15. The summed E-state index contributed by atoms with van der Waals surface area (Å²) in [6.45, 7) is 29.0. The molecule has 35 nitrogen and oxygen atoms in total. The molecular weight excluding hydrogens is 1980 g/mol. The van der Waals surface area contributed by atoms with Crippen LogP contribution in [0.1, 0.15) is 238 Å². The molecule has 0 aromatic heterocycles. The van der Waals surface area contributed by atoms with Gasteiger partial charge in [-0.3, -0.25) is 0 Å². The number of ether oxygens (including phenoxy) is 12. The number of terminal acetylenes is 1. The molecule has 0 amide bonds. The number of aromatic carboxylic acids is 2. The summed E-state index contributed by atoms with van der Waals surface area (Å²) >= 11 is 12.4. The number of aromatic hydroxyl groups is 1. The number of rotatable bonds is 22. The molecule has 7 rings (SSSR count). The lowest BCUT2D eigenvalue weighted by Gasteiger charge is -2.13. The van der Waals surface area contributed by atoms with Crippen molar-refractivity contribution in [3.63, 3.8) is 0 Å². The topological polar surface area (TPSA) is 490 Å². The van der Waals surface area contributed by atoms with Gasteiger partial charge < -0.3 is 88.1 Å². The number of benzene rings is 7. The monoisotopic (exact) mass is 2060 g/mol. The van der Waals surface area contributed by atoms with Crippen LogP contribution in [0.4, 0.5) is 17.1 Å². The number of nitrogens with two attached hydrogens (primary N) is 1. The third kappa shape index (κ3) is 35.8. The van der Waals surface area contributed by atoms with E-state index >= 15 is 0 Å². The van der Waals surface area contributed by atoms with Crippen molar-refractivity contribution in [3.05, 3.63) is 248 Å². The van der Waals surface area contributed by atoms with E-state index in [0.717, 1.165) is 73.3 Å². The smallest absolute Gasteiger partial charge is 0.338 e. The molecule has 7 aromatic rings. The minimum Gasteiger partial charge on any atom is -0.507 e. The molecule has 0 aliphatic heterocycles. The number of unbranched alkanes of at least 4 members (excludes halogenated alkanes) is 2. The number of carboxylic acid groups (broad SMARTS) is 2. The molecule has 0 heterocycles. The van der Waals surface area contributed by atoms with E-state index in [2.05, 4.69) is 160 Å². The summed E-state index contributed by atoms with van der Waals surface area (Å²) in [7, 11) is 14.7. The van der Waals surface area contributed by atoms with Crippen molar-refractivity contribution in [2.75, 3.05) is 98.5 Å². The number of esters is 12. The van der Waals surface area contributed by atoms with E-state index in [0.29, 0.717) is 36.4 Å². The molecule has 694 valence electrons. The van der Waals surface area contributed by atoms with E-state index in [4.69, 9.17) is 64.8 Å². The first-order chi connectivity index (χ1) is 62.2. The molecule has 7 N–H and O–H groups in total. The fourth-order valence-corrected chi connectivity index (χ4v) is 11.9. The Balaban J connectivity index is 0.00000150. The average molecular weight is 2070 g/mol. The number of aryl methyl sites for hydroxylation is 3. The van der Waals surface area contributed by atoms with Crippen molar-refractivity contribution < 1.29 is 149 Å². The number of phenols is 1. The molecule has 0 fully saturated rings. The minimum atomic E-state index is -1.27. The fraction of sp³-hybridized carbons (Fsp3) is 0.293. The molecule has 0 unspecified atom stereocenters. The summed E-state index contributed by atoms with van der Waals surface area (Å²) in [6.07, 6.45) is 11.8. The largest absolute Gasteiger partial charge is 0.507 e. The van der Waals surface area contributed by atoms with Crippen molar-refractivity contribution in [1.29, 1.82) is 0 Å². The average Bonchev–Trinajstić information content (AvgIpc) is 0.747. The van der Waals surface area contributed by atoms with Crippen LogP contribution in [0.3, 0.4) is 0 Å². The van der Waals surface area contributed by atoms with Crippen LogP contribution in [0.25, 0.3) is 14.5 Å². The highest BCUT2D eigenvalue weighted by atomic mass is 79.9. The van der Waals surface area contributed by atoms with Crippen LogP contribution in [-0.2, 0) is 82.6 Å². The Morgan fingerprint density at radius 1 is 0.344 bits per heavy atom. The Morgan fingerprint density at radius 2 is 0.588 bits per heavy atom. The number of phenolic OH excluding ortho intramolecular Hbond substituents is 1. The third-order valence-electron chi connectivity index (χ3n) is 16.9. The Labute approximate surface area is 788 Å². The molecule has 0 aliphatic carbocycles. The van der Waals surface area contributed by atoms with Gasteiger partial charge in [0, 0.05) is 37.5 Å². The number of aliphatic hydroxyl groups is 2. The summed E-state index contributed by atoms with van der Waals surface area (Å²) in [4.78, 5) is 171. The zero-order valence-electron chi connectivity index (χ0n) is 73.7. The molecular formula is C92H92Br4N4O31. The maximum Gasteiger partial charge on any atom is 0.338 e. The number of methoxy groups -OCH3 is 12. The molecule has 0 radical (unpaired) electrons. The lowest BCUT2D eigenvalue weighted by atomic mass is 9.94. The molecule has 0 spiro atoms. The van der Waals surface area contributed by atoms with Gasteiger partial charge in [0.25, 0.3) is 0 Å². The Morgan fingerprint density at radius 3 is 0.847 bits per heavy atom. The van der Waals surface area contributed by atoms with E-state index in [1.54, 1.807) is 24.3 Å². The summed E-state index contributed by atoms with van der Waals surface area (Å²) < 4.78 is 57.1. The Hall–Kier alpha value is -14.1. The second-order valence-electron chi connectivity index (χ2n) is 24.8. The van der Waals surface area contributed by atoms with Crippen LogP contribution in [-0.4, -0.2) is 208 Å². The van der Waals surface area contributed by atoms with Crippen LogP contribution in [0, 0.1) is 55.7 Å². The van der Waals surface area contributed by atoms with Gasteiger partial charge in [0.2, 0.25) is 17.1 Å². The van der Waals surface area contributed by atoms with Gasteiger partial charge in [-0.05, 0) is 187 Å². The highest BCUT2D eigenvalue weighted by molar-refractivity contribution is 9.13. The zero-order chi connectivity index (χ0) is 100. The molecule has 7 aromatic carbocycles. The maximum absolute atomic E-state index is 11.9. The molecule has 0 aliphatic rings. The molecule has 0 saturated heterocycles. The summed E-state index contributed by atoms with van der Waals surface area (Å²) in [5, 5.41) is 43.2. The van der Waals surface area contributed by atoms with E-state index in [9.17, 15) is 72.2 Å². The van der Waals surface area contributed by atoms with Crippen LogP contribution < -0.4 is 5.73 Å². The summed E-state index contributed by atoms with van der Waals surface area (Å²) in [5.74, 6) is 2.06. The van der Waals surface area contributed by atoms with Crippen molar-refractivity contribution in [1.82, 2.24) is 0 Å². The molecule has 0 atom stereocenters. The Kier molecular flexibility index (Phi) is 55.4. The van der Waals surface area contributed by atoms with Gasteiger partial charge in [-0.15, -0.1) is 6.42 Å². The second-order valence-corrected chi connectivity index (χ2v) is 28.2. The van der Waals surface area contributed by atoms with Crippen LogP contribution in [0.5, 0.6) is 5.75 Å². The predicted molar refractivity (Wildman–Crippen MR) is 488 cm³/mol. The number of hydrogen-bond acceptors (Lipinski definition) is 30. The number of carbonyl (C=O) groups excluding carboxylic acids is 12. The van der Waals surface area contributed by atoms with Gasteiger partial charge in [0.05, 0.1) is 187 Å². The van der Waals surface area contributed by atoms with Crippen LogP contribution in [0.15, 0.2) is 103 Å². The van der Waals surface area contributed by atoms with Crippen LogP contribution >= 0.6 is 63.7 Å². The Bertz CT molecular complexity index is 5390. The molecule has 0 bridgehead atoms. The highest BCUT2D eigenvalue weighted by Crippen LogP contribution is 2.34. The van der Waals surface area contributed by atoms with Crippen molar-refractivity contribution in [3.8, 4) is 41.8 Å². The van der Waals surface area contributed by atoms with Gasteiger partial charge in [-0.25, -0.2) is 81.7 Å². The number of halogens is 4. The second kappa shape index (κ2) is 62.1. The highest BCUT2D eigenvalue weighted by Gasteiger charge is 2.28. The van der Waals surface area contributed by atoms with Gasteiger partial charge >= 0.3 is 83.6 Å². The number of carboxylic acids is 2. The molecule has 39 heteroatoms. The van der Waals surface area contributed by atoms with Gasteiger partial charge in [-0.2, -0.15) is 0 Å². The van der Waals surface area contributed by atoms with E-state index in [1.807, 2.05) is 19.8 Å². The number of carbonyl (C=O) groups is 14. The van der Waals surface area contributed by atoms with E-state index < -0.39 is 83.6 Å². The molecule has 0 saturated carbocycles. The zero-order valence-corrected chi connectivity index (χ0v) is 80.1. The SMILES string of the molecule is C#CCO.CCCCc1cc(C(=O)OC)c(C(=O)OC)cc1CC.CCCCc1cc(C(=O)OC)c(C(=O)OC)cc1CN.COC(=O)c1cc(O)c(Br)cc1C(=O)OC.O=C(O)c1cc(Br)c(Br)cc1C(=O)O.[C-]#[N+]c1cc(C(=O)OC)c(C(=O)OC)cc1Br.[C-]#[N+]c1cc(C(=O)OC)c(C(=O)OC)cc1C#CCC.[C-]#[N+]c1cc(C(=O)OC)c(C(=O)OC)cc1C#CCO. The van der Waals surface area contributed by atoms with Crippen molar-refractivity contribution in [2.24, 2.45) is 5.73 Å². The van der Waals surface area contributed by atoms with Crippen molar-refractivity contribution in [2.45, 2.75) is 85.6 Å². The first-order valence-electron chi connectivity index (χ1n) is 37.7. The first-order valence-corrected chi connectivity index (χ1v) is 40.9. The minimum absolute atomic E-state index is 0.00704. The number of hydrogen-bond donors (Lipinski definition) is 6.